The minimum atomic E-state index is -0.285. The van der Waals surface area contributed by atoms with Crippen LogP contribution in [0.2, 0.25) is 0 Å². The van der Waals surface area contributed by atoms with Crippen LogP contribution in [0.4, 0.5) is 11.4 Å². The van der Waals surface area contributed by atoms with E-state index in [-0.39, 0.29) is 22.1 Å². The van der Waals surface area contributed by atoms with Crippen molar-refractivity contribution in [3.05, 3.63) is 33.9 Å². The Morgan fingerprint density at radius 1 is 1.44 bits per heavy atom. The van der Waals surface area contributed by atoms with Gasteiger partial charge in [-0.25, -0.2) is 0 Å². The Labute approximate surface area is 95.0 Å². The van der Waals surface area contributed by atoms with Crippen molar-refractivity contribution in [2.45, 2.75) is 32.2 Å². The number of nitro benzene ring substituents is 1. The van der Waals surface area contributed by atoms with E-state index in [1.165, 1.54) is 0 Å². The first-order valence-corrected chi connectivity index (χ1v) is 5.38. The van der Waals surface area contributed by atoms with E-state index in [4.69, 9.17) is 0 Å². The summed E-state index contributed by atoms with van der Waals surface area (Å²) in [4.78, 5) is 12.9. The van der Waals surface area contributed by atoms with E-state index in [1.54, 1.807) is 12.1 Å². The maximum Gasteiger partial charge on any atom is 0.275 e. The average Bonchev–Trinajstić information content (AvgIpc) is 2.41. The zero-order valence-corrected chi connectivity index (χ0v) is 10.0. The number of fused-ring (bicyclic) bond motifs is 1. The highest BCUT2D eigenvalue weighted by Gasteiger charge is 2.44. The molecule has 16 heavy (non-hydrogen) atoms. The fourth-order valence-electron chi connectivity index (χ4n) is 2.54. The maximum absolute atomic E-state index is 11.0. The van der Waals surface area contributed by atoms with Crippen LogP contribution in [-0.2, 0) is 5.41 Å². The Kier molecular flexibility index (Phi) is 2.19. The molecule has 0 aromatic heterocycles. The molecule has 0 aliphatic carbocycles. The van der Waals surface area contributed by atoms with Gasteiger partial charge in [-0.1, -0.05) is 19.9 Å². The molecule has 4 heteroatoms. The molecular weight excluding hydrogens is 204 g/mol. The average molecular weight is 220 g/mol. The molecule has 1 heterocycles. The topological polar surface area (TPSA) is 46.4 Å². The summed E-state index contributed by atoms with van der Waals surface area (Å²) in [6, 6.07) is 5.56. The van der Waals surface area contributed by atoms with Crippen LogP contribution >= 0.6 is 0 Å². The van der Waals surface area contributed by atoms with E-state index in [9.17, 15) is 10.1 Å². The van der Waals surface area contributed by atoms with Crippen LogP contribution in [0.25, 0.3) is 0 Å². The van der Waals surface area contributed by atoms with E-state index in [2.05, 4.69) is 25.7 Å². The van der Waals surface area contributed by atoms with Crippen LogP contribution in [-0.4, -0.2) is 18.0 Å². The quantitative estimate of drug-likeness (QED) is 0.540. The standard InChI is InChI=1S/C12H16N2O2/c1-8-12(2,3)11-9(13(8)4)6-5-7-10(11)14(15)16/h5-8H,1-4H3. The number of nitro groups is 1. The van der Waals surface area contributed by atoms with E-state index in [1.807, 2.05) is 13.1 Å². The van der Waals surface area contributed by atoms with Gasteiger partial charge >= 0.3 is 0 Å². The van der Waals surface area contributed by atoms with E-state index in [0.717, 1.165) is 11.3 Å². The molecule has 0 N–H and O–H groups in total. The second-order valence-electron chi connectivity index (χ2n) is 4.94. The lowest BCUT2D eigenvalue weighted by atomic mass is 9.80. The minimum Gasteiger partial charge on any atom is -0.371 e. The lowest BCUT2D eigenvalue weighted by Crippen LogP contribution is -2.36. The van der Waals surface area contributed by atoms with Crippen LogP contribution in [0.15, 0.2) is 18.2 Å². The molecule has 1 aromatic rings. The fourth-order valence-corrected chi connectivity index (χ4v) is 2.54. The third kappa shape index (κ3) is 1.22. The highest BCUT2D eigenvalue weighted by atomic mass is 16.6. The monoisotopic (exact) mass is 220 g/mol. The summed E-state index contributed by atoms with van der Waals surface area (Å²) in [6.45, 7) is 6.23. The first kappa shape index (κ1) is 10.9. The van der Waals surface area contributed by atoms with Crippen molar-refractivity contribution in [2.24, 2.45) is 0 Å². The number of rotatable bonds is 1. The molecule has 0 saturated heterocycles. The second-order valence-corrected chi connectivity index (χ2v) is 4.94. The van der Waals surface area contributed by atoms with E-state index in [0.29, 0.717) is 0 Å². The van der Waals surface area contributed by atoms with Gasteiger partial charge < -0.3 is 4.90 Å². The summed E-state index contributed by atoms with van der Waals surface area (Å²) in [5.41, 5.74) is 1.88. The third-order valence-electron chi connectivity index (χ3n) is 3.87. The fraction of sp³-hybridized carbons (Fsp3) is 0.500. The van der Waals surface area contributed by atoms with Gasteiger partial charge in [0.05, 0.1) is 10.5 Å². The molecule has 0 amide bonds. The Hall–Kier alpha value is -1.58. The van der Waals surface area contributed by atoms with Gasteiger partial charge in [0.1, 0.15) is 0 Å². The first-order chi connectivity index (χ1) is 7.37. The van der Waals surface area contributed by atoms with Gasteiger partial charge in [0, 0.05) is 30.3 Å². The molecule has 1 atom stereocenters. The third-order valence-corrected chi connectivity index (χ3v) is 3.87. The van der Waals surface area contributed by atoms with Crippen LogP contribution in [0.1, 0.15) is 26.3 Å². The Bertz CT molecular complexity index is 454. The van der Waals surface area contributed by atoms with Gasteiger partial charge in [-0.2, -0.15) is 0 Å². The first-order valence-electron chi connectivity index (χ1n) is 5.38. The molecule has 0 spiro atoms. The van der Waals surface area contributed by atoms with Crippen LogP contribution in [0.5, 0.6) is 0 Å². The lowest BCUT2D eigenvalue weighted by Gasteiger charge is -2.28. The van der Waals surface area contributed by atoms with Gasteiger partial charge in [-0.05, 0) is 13.0 Å². The number of benzene rings is 1. The number of anilines is 1. The summed E-state index contributed by atoms with van der Waals surface area (Å²) in [5.74, 6) is 0. The van der Waals surface area contributed by atoms with Gasteiger partial charge in [0.25, 0.3) is 5.69 Å². The van der Waals surface area contributed by atoms with Crippen molar-refractivity contribution < 1.29 is 4.92 Å². The maximum atomic E-state index is 11.0. The van der Waals surface area contributed by atoms with Gasteiger partial charge in [-0.3, -0.25) is 10.1 Å². The Balaban J connectivity index is 2.73. The number of hydrogen-bond acceptors (Lipinski definition) is 3. The summed E-state index contributed by atoms with van der Waals surface area (Å²) in [7, 11) is 1.99. The summed E-state index contributed by atoms with van der Waals surface area (Å²) >= 11 is 0. The molecule has 1 aliphatic heterocycles. The molecule has 4 nitrogen and oxygen atoms in total. The predicted octanol–water partition coefficient (Wildman–Crippen LogP) is 2.71. The molecule has 0 fully saturated rings. The zero-order valence-electron chi connectivity index (χ0n) is 10.0. The van der Waals surface area contributed by atoms with Gasteiger partial charge in [0.2, 0.25) is 0 Å². The largest absolute Gasteiger partial charge is 0.371 e. The Morgan fingerprint density at radius 3 is 2.62 bits per heavy atom. The molecule has 2 rings (SSSR count). The summed E-state index contributed by atoms with van der Waals surface area (Å²) in [5, 5.41) is 11.0. The number of hydrogen-bond donors (Lipinski definition) is 0. The number of likely N-dealkylation sites (N-methyl/N-ethyl adjacent to an activating group) is 1. The van der Waals surface area contributed by atoms with Crippen molar-refractivity contribution in [3.63, 3.8) is 0 Å². The highest BCUT2D eigenvalue weighted by molar-refractivity contribution is 5.70. The summed E-state index contributed by atoms with van der Waals surface area (Å²) < 4.78 is 0. The van der Waals surface area contributed by atoms with Gasteiger partial charge in [-0.15, -0.1) is 0 Å². The van der Waals surface area contributed by atoms with Crippen LogP contribution in [0, 0.1) is 10.1 Å². The zero-order chi connectivity index (χ0) is 12.1. The Morgan fingerprint density at radius 2 is 2.06 bits per heavy atom. The van der Waals surface area contributed by atoms with Crippen molar-refractivity contribution in [2.75, 3.05) is 11.9 Å². The normalized spacial score (nSPS) is 22.0. The molecular formula is C12H16N2O2. The van der Waals surface area contributed by atoms with Crippen molar-refractivity contribution in [1.29, 1.82) is 0 Å². The smallest absolute Gasteiger partial charge is 0.275 e. The predicted molar refractivity (Wildman–Crippen MR) is 64.0 cm³/mol. The molecule has 1 aliphatic rings. The highest BCUT2D eigenvalue weighted by Crippen LogP contribution is 2.48. The SMILES string of the molecule is CC1N(C)c2cccc([N+](=O)[O-])c2C1(C)C. The lowest BCUT2D eigenvalue weighted by molar-refractivity contribution is -0.385. The molecule has 0 saturated carbocycles. The van der Waals surface area contributed by atoms with Crippen molar-refractivity contribution >= 4 is 11.4 Å². The summed E-state index contributed by atoms with van der Waals surface area (Å²) in [6.07, 6.45) is 0. The second kappa shape index (κ2) is 3.20. The molecule has 0 radical (unpaired) electrons. The molecule has 1 unspecified atom stereocenters. The number of nitrogens with zero attached hydrogens (tertiary/aromatic N) is 2. The molecule has 1 aromatic carbocycles. The van der Waals surface area contributed by atoms with E-state index < -0.39 is 0 Å². The van der Waals surface area contributed by atoms with E-state index >= 15 is 0 Å². The van der Waals surface area contributed by atoms with Crippen LogP contribution < -0.4 is 4.90 Å². The van der Waals surface area contributed by atoms with Crippen molar-refractivity contribution in [1.82, 2.24) is 0 Å². The van der Waals surface area contributed by atoms with Crippen molar-refractivity contribution in [3.8, 4) is 0 Å². The molecule has 0 bridgehead atoms. The van der Waals surface area contributed by atoms with Gasteiger partial charge in [0.15, 0.2) is 0 Å². The molecule has 86 valence electrons. The minimum absolute atomic E-state index is 0.187. The van der Waals surface area contributed by atoms with Crippen LogP contribution in [0.3, 0.4) is 0 Å².